The fourth-order valence-corrected chi connectivity index (χ4v) is 1.89. The van der Waals surface area contributed by atoms with Gasteiger partial charge in [0.25, 0.3) is 0 Å². The van der Waals surface area contributed by atoms with Crippen LogP contribution in [0.4, 0.5) is 4.39 Å². The molecule has 2 aromatic rings. The number of ether oxygens (including phenoxy) is 1. The van der Waals surface area contributed by atoms with Crippen LogP contribution >= 0.6 is 11.6 Å². The highest BCUT2D eigenvalue weighted by atomic mass is 35.5. The van der Waals surface area contributed by atoms with Gasteiger partial charge in [0.2, 0.25) is 0 Å². The molecule has 0 saturated heterocycles. The van der Waals surface area contributed by atoms with Crippen LogP contribution in [0.1, 0.15) is 24.2 Å². The van der Waals surface area contributed by atoms with Gasteiger partial charge >= 0.3 is 0 Å². The van der Waals surface area contributed by atoms with Crippen LogP contribution in [0.2, 0.25) is 5.02 Å². The molecule has 0 bridgehead atoms. The zero-order chi connectivity index (χ0) is 13.8. The summed E-state index contributed by atoms with van der Waals surface area (Å²) in [5, 5.41) is 9.83. The maximum atomic E-state index is 12.9. The number of benzene rings is 2. The van der Waals surface area contributed by atoms with Crippen LogP contribution in [0.25, 0.3) is 0 Å². The second-order valence-electron chi connectivity index (χ2n) is 4.27. The lowest BCUT2D eigenvalue weighted by Crippen LogP contribution is -1.98. The molecule has 0 aromatic heterocycles. The smallest absolute Gasteiger partial charge is 0.124 e. The minimum absolute atomic E-state index is 0.252. The summed E-state index contributed by atoms with van der Waals surface area (Å²) in [7, 11) is 0. The average molecular weight is 281 g/mol. The maximum Gasteiger partial charge on any atom is 0.124 e. The number of hydrogen-bond acceptors (Lipinski definition) is 2. The number of rotatable bonds is 4. The predicted octanol–water partition coefficient (Wildman–Crippen LogP) is 4.11. The minimum Gasteiger partial charge on any atom is -0.489 e. The molecule has 19 heavy (non-hydrogen) atoms. The Morgan fingerprint density at radius 3 is 2.74 bits per heavy atom. The van der Waals surface area contributed by atoms with E-state index in [-0.39, 0.29) is 12.4 Å². The Kier molecular flexibility index (Phi) is 4.40. The molecule has 0 radical (unpaired) electrons. The highest BCUT2D eigenvalue weighted by Crippen LogP contribution is 2.22. The van der Waals surface area contributed by atoms with Crippen LogP contribution in [0.3, 0.4) is 0 Å². The van der Waals surface area contributed by atoms with E-state index in [0.717, 1.165) is 5.56 Å². The van der Waals surface area contributed by atoms with E-state index < -0.39 is 6.10 Å². The van der Waals surface area contributed by atoms with E-state index in [4.69, 9.17) is 16.3 Å². The van der Waals surface area contributed by atoms with Crippen LogP contribution in [0.5, 0.6) is 5.75 Å². The standard InChI is InChI=1S/C15H14ClFO2/c1-10(18)11-3-2-4-14(7-11)19-9-12-5-6-13(17)8-15(12)16/h2-8,10,18H,9H2,1H3/t10-/m1/s1. The summed E-state index contributed by atoms with van der Waals surface area (Å²) in [6, 6.07) is 11.4. The molecule has 0 fully saturated rings. The molecule has 0 saturated carbocycles. The summed E-state index contributed by atoms with van der Waals surface area (Å²) >= 11 is 5.92. The van der Waals surface area contributed by atoms with Gasteiger partial charge in [-0.05, 0) is 36.8 Å². The summed E-state index contributed by atoms with van der Waals surface area (Å²) in [4.78, 5) is 0. The molecule has 0 aliphatic heterocycles. The fourth-order valence-electron chi connectivity index (χ4n) is 1.66. The van der Waals surface area contributed by atoms with E-state index in [2.05, 4.69) is 0 Å². The molecule has 2 rings (SSSR count). The Balaban J connectivity index is 2.08. The van der Waals surface area contributed by atoms with Crippen molar-refractivity contribution in [1.82, 2.24) is 0 Å². The van der Waals surface area contributed by atoms with E-state index in [1.165, 1.54) is 12.1 Å². The zero-order valence-corrected chi connectivity index (χ0v) is 11.2. The summed E-state index contributed by atoms with van der Waals surface area (Å²) in [5.41, 5.74) is 1.49. The van der Waals surface area contributed by atoms with E-state index in [9.17, 15) is 9.50 Å². The normalized spacial score (nSPS) is 12.2. The van der Waals surface area contributed by atoms with Crippen molar-refractivity contribution in [2.45, 2.75) is 19.6 Å². The Morgan fingerprint density at radius 2 is 2.05 bits per heavy atom. The summed E-state index contributed by atoms with van der Waals surface area (Å²) in [6.45, 7) is 1.94. The highest BCUT2D eigenvalue weighted by molar-refractivity contribution is 6.31. The third-order valence-electron chi connectivity index (χ3n) is 2.75. The van der Waals surface area contributed by atoms with E-state index >= 15 is 0 Å². The number of hydrogen-bond donors (Lipinski definition) is 1. The molecule has 0 spiro atoms. The molecular weight excluding hydrogens is 267 g/mol. The van der Waals surface area contributed by atoms with Crippen molar-refractivity contribution in [2.75, 3.05) is 0 Å². The van der Waals surface area contributed by atoms with Gasteiger partial charge in [-0.3, -0.25) is 0 Å². The first-order valence-electron chi connectivity index (χ1n) is 5.91. The van der Waals surface area contributed by atoms with Gasteiger partial charge in [-0.1, -0.05) is 29.8 Å². The molecule has 0 unspecified atom stereocenters. The quantitative estimate of drug-likeness (QED) is 0.913. The van der Waals surface area contributed by atoms with Crippen LogP contribution in [0, 0.1) is 5.82 Å². The minimum atomic E-state index is -0.544. The van der Waals surface area contributed by atoms with Gasteiger partial charge in [0.15, 0.2) is 0 Å². The van der Waals surface area contributed by atoms with Gasteiger partial charge in [-0.2, -0.15) is 0 Å². The third-order valence-corrected chi connectivity index (χ3v) is 3.10. The van der Waals surface area contributed by atoms with E-state index in [1.807, 2.05) is 12.1 Å². The van der Waals surface area contributed by atoms with Crippen LogP contribution in [-0.4, -0.2) is 5.11 Å². The zero-order valence-electron chi connectivity index (χ0n) is 10.4. The molecule has 1 N–H and O–H groups in total. The van der Waals surface area contributed by atoms with Crippen molar-refractivity contribution in [3.8, 4) is 5.75 Å². The summed E-state index contributed by atoms with van der Waals surface area (Å²) in [6.07, 6.45) is -0.544. The number of aliphatic hydroxyl groups excluding tert-OH is 1. The largest absolute Gasteiger partial charge is 0.489 e. The van der Waals surface area contributed by atoms with Crippen molar-refractivity contribution in [1.29, 1.82) is 0 Å². The van der Waals surface area contributed by atoms with Gasteiger partial charge in [0.1, 0.15) is 18.2 Å². The lowest BCUT2D eigenvalue weighted by atomic mass is 10.1. The Labute approximate surface area is 116 Å². The molecule has 0 heterocycles. The van der Waals surface area contributed by atoms with Gasteiger partial charge < -0.3 is 9.84 Å². The summed E-state index contributed by atoms with van der Waals surface area (Å²) in [5.74, 6) is 0.267. The second-order valence-corrected chi connectivity index (χ2v) is 4.68. The molecule has 0 aliphatic carbocycles. The second kappa shape index (κ2) is 6.04. The molecule has 4 heteroatoms. The van der Waals surface area contributed by atoms with Gasteiger partial charge in [-0.25, -0.2) is 4.39 Å². The van der Waals surface area contributed by atoms with Crippen molar-refractivity contribution in [3.05, 3.63) is 64.4 Å². The predicted molar refractivity (Wildman–Crippen MR) is 72.8 cm³/mol. The van der Waals surface area contributed by atoms with Crippen molar-refractivity contribution >= 4 is 11.6 Å². The van der Waals surface area contributed by atoms with E-state index in [1.54, 1.807) is 25.1 Å². The number of aliphatic hydroxyl groups is 1. The molecule has 0 amide bonds. The monoisotopic (exact) mass is 280 g/mol. The van der Waals surface area contributed by atoms with Crippen LogP contribution in [-0.2, 0) is 6.61 Å². The van der Waals surface area contributed by atoms with Gasteiger partial charge in [0, 0.05) is 5.56 Å². The summed E-state index contributed by atoms with van der Waals surface area (Å²) < 4.78 is 18.5. The van der Waals surface area contributed by atoms with Crippen molar-refractivity contribution < 1.29 is 14.2 Å². The van der Waals surface area contributed by atoms with Gasteiger partial charge in [-0.15, -0.1) is 0 Å². The van der Waals surface area contributed by atoms with Crippen molar-refractivity contribution in [2.24, 2.45) is 0 Å². The van der Waals surface area contributed by atoms with Crippen LogP contribution < -0.4 is 4.74 Å². The molecule has 1 atom stereocenters. The third kappa shape index (κ3) is 3.69. The topological polar surface area (TPSA) is 29.5 Å². The Hall–Kier alpha value is -1.58. The molecule has 2 aromatic carbocycles. The first-order chi connectivity index (χ1) is 9.06. The lowest BCUT2D eigenvalue weighted by molar-refractivity contribution is 0.198. The van der Waals surface area contributed by atoms with Gasteiger partial charge in [0.05, 0.1) is 11.1 Å². The first kappa shape index (κ1) is 13.8. The lowest BCUT2D eigenvalue weighted by Gasteiger charge is -2.10. The molecule has 2 nitrogen and oxygen atoms in total. The number of halogens is 2. The maximum absolute atomic E-state index is 12.9. The molecular formula is C15H14ClFO2. The van der Waals surface area contributed by atoms with E-state index in [0.29, 0.717) is 16.3 Å². The molecule has 100 valence electrons. The first-order valence-corrected chi connectivity index (χ1v) is 6.29. The Bertz CT molecular complexity index is 570. The SMILES string of the molecule is C[C@@H](O)c1cccc(OCc2ccc(F)cc2Cl)c1. The van der Waals surface area contributed by atoms with Crippen LogP contribution in [0.15, 0.2) is 42.5 Å². The Morgan fingerprint density at radius 1 is 1.26 bits per heavy atom. The molecule has 0 aliphatic rings. The fraction of sp³-hybridized carbons (Fsp3) is 0.200. The highest BCUT2D eigenvalue weighted by Gasteiger charge is 2.05. The van der Waals surface area contributed by atoms with Crippen molar-refractivity contribution in [3.63, 3.8) is 0 Å². The average Bonchev–Trinajstić information content (AvgIpc) is 2.38.